The lowest BCUT2D eigenvalue weighted by Gasteiger charge is -2.21. The first-order chi connectivity index (χ1) is 11.4. The van der Waals surface area contributed by atoms with Crippen LogP contribution >= 0.6 is 0 Å². The second-order valence-corrected chi connectivity index (χ2v) is 6.39. The molecule has 2 saturated heterocycles. The maximum Gasteiger partial charge on any atom is 0.310 e. The van der Waals surface area contributed by atoms with E-state index in [1.54, 1.807) is 35.2 Å². The van der Waals surface area contributed by atoms with E-state index in [0.29, 0.717) is 17.9 Å². The van der Waals surface area contributed by atoms with Gasteiger partial charge in [-0.05, 0) is 24.3 Å². The van der Waals surface area contributed by atoms with Gasteiger partial charge in [-0.1, -0.05) is 12.2 Å². The first-order valence-electron chi connectivity index (χ1n) is 7.70. The van der Waals surface area contributed by atoms with Crippen molar-refractivity contribution < 1.29 is 24.2 Å². The van der Waals surface area contributed by atoms with Gasteiger partial charge in [-0.15, -0.1) is 0 Å². The smallest absolute Gasteiger partial charge is 0.310 e. The number of carboxylic acids is 1. The molecule has 2 fully saturated rings. The predicted molar refractivity (Wildman–Crippen MR) is 84.5 cm³/mol. The van der Waals surface area contributed by atoms with E-state index in [2.05, 4.69) is 5.32 Å². The zero-order valence-corrected chi connectivity index (χ0v) is 12.9. The van der Waals surface area contributed by atoms with Crippen LogP contribution in [-0.4, -0.2) is 41.1 Å². The fourth-order valence-corrected chi connectivity index (χ4v) is 3.93. The van der Waals surface area contributed by atoms with Crippen LogP contribution in [0.4, 0.5) is 11.4 Å². The number of carbonyl (C=O) groups excluding carboxylic acids is 2. The molecule has 1 aromatic rings. The molecule has 124 valence electrons. The summed E-state index contributed by atoms with van der Waals surface area (Å²) in [6, 6.07) is 6.87. The Morgan fingerprint density at radius 1 is 1.33 bits per heavy atom. The molecule has 0 unspecified atom stereocenters. The highest BCUT2D eigenvalue weighted by atomic mass is 16.5. The van der Waals surface area contributed by atoms with Crippen molar-refractivity contribution in [1.29, 1.82) is 0 Å². The standard InChI is InChI=1S/C17H16N2O5/c1-9(20)18-10-2-4-11(5-3-10)19-8-17-7-6-12(24-17)13(16(22)23)14(17)15(19)21/h2-7,12-14H,8H2,1H3,(H,18,20)(H,22,23)/t12-,13+,14+,17-/m1/s1. The molecule has 2 amide bonds. The van der Waals surface area contributed by atoms with E-state index in [9.17, 15) is 19.5 Å². The quantitative estimate of drug-likeness (QED) is 0.808. The van der Waals surface area contributed by atoms with Crippen LogP contribution in [0, 0.1) is 11.8 Å². The number of nitrogens with one attached hydrogen (secondary N) is 1. The van der Waals surface area contributed by atoms with Gasteiger partial charge in [0.2, 0.25) is 11.8 Å². The van der Waals surface area contributed by atoms with Gasteiger partial charge in [0.25, 0.3) is 0 Å². The Bertz CT molecular complexity index is 772. The highest BCUT2D eigenvalue weighted by molar-refractivity contribution is 6.02. The maximum atomic E-state index is 12.8. The summed E-state index contributed by atoms with van der Waals surface area (Å²) in [5.74, 6) is -2.95. The van der Waals surface area contributed by atoms with E-state index in [4.69, 9.17) is 4.74 Å². The number of fused-ring (bicyclic) bond motifs is 1. The molecule has 0 radical (unpaired) electrons. The molecule has 7 nitrogen and oxygen atoms in total. The van der Waals surface area contributed by atoms with Crippen molar-refractivity contribution in [2.24, 2.45) is 11.8 Å². The molecule has 4 rings (SSSR count). The molecule has 3 aliphatic rings. The third-order valence-corrected chi connectivity index (χ3v) is 4.88. The fraction of sp³-hybridized carbons (Fsp3) is 0.353. The van der Waals surface area contributed by atoms with E-state index in [1.165, 1.54) is 6.92 Å². The lowest BCUT2D eigenvalue weighted by atomic mass is 9.77. The lowest BCUT2D eigenvalue weighted by molar-refractivity contribution is -0.146. The van der Waals surface area contributed by atoms with Crippen molar-refractivity contribution >= 4 is 29.2 Å². The monoisotopic (exact) mass is 328 g/mol. The number of hydrogen-bond acceptors (Lipinski definition) is 4. The minimum Gasteiger partial charge on any atom is -0.481 e. The van der Waals surface area contributed by atoms with Crippen LogP contribution < -0.4 is 10.2 Å². The summed E-state index contributed by atoms with van der Waals surface area (Å²) in [4.78, 5) is 37.0. The number of benzene rings is 1. The van der Waals surface area contributed by atoms with Crippen molar-refractivity contribution in [3.8, 4) is 0 Å². The number of carbonyl (C=O) groups is 3. The third kappa shape index (κ3) is 1.98. The van der Waals surface area contributed by atoms with Crippen molar-refractivity contribution in [2.45, 2.75) is 18.6 Å². The SMILES string of the molecule is CC(=O)Nc1ccc(N2C[C@@]34C=C[C@@H](O3)[C@H](C(=O)O)[C@H]4C2=O)cc1. The van der Waals surface area contributed by atoms with E-state index < -0.39 is 29.5 Å². The van der Waals surface area contributed by atoms with Gasteiger partial charge >= 0.3 is 5.97 Å². The highest BCUT2D eigenvalue weighted by Crippen LogP contribution is 2.52. The van der Waals surface area contributed by atoms with Crippen LogP contribution in [-0.2, 0) is 19.1 Å². The minimum atomic E-state index is -1.01. The van der Waals surface area contributed by atoms with Gasteiger partial charge in [0, 0.05) is 18.3 Å². The Kier molecular flexibility index (Phi) is 3.05. The first-order valence-corrected chi connectivity index (χ1v) is 7.70. The summed E-state index contributed by atoms with van der Waals surface area (Å²) >= 11 is 0. The molecule has 0 saturated carbocycles. The van der Waals surface area contributed by atoms with E-state index in [-0.39, 0.29) is 11.8 Å². The van der Waals surface area contributed by atoms with Crippen LogP contribution in [0.3, 0.4) is 0 Å². The normalized spacial score (nSPS) is 33.0. The third-order valence-electron chi connectivity index (χ3n) is 4.88. The molecule has 1 spiro atoms. The van der Waals surface area contributed by atoms with Gasteiger partial charge in [0.15, 0.2) is 0 Å². The molecule has 1 aromatic carbocycles. The lowest BCUT2D eigenvalue weighted by Crippen LogP contribution is -2.39. The Balaban J connectivity index is 1.63. The van der Waals surface area contributed by atoms with Gasteiger partial charge < -0.3 is 20.1 Å². The average Bonchev–Trinajstić information content (AvgIpc) is 3.16. The van der Waals surface area contributed by atoms with Crippen LogP contribution in [0.15, 0.2) is 36.4 Å². The molecular weight excluding hydrogens is 312 g/mol. The fourth-order valence-electron chi connectivity index (χ4n) is 3.93. The zero-order chi connectivity index (χ0) is 17.1. The number of aliphatic carboxylic acids is 1. The highest BCUT2D eigenvalue weighted by Gasteiger charge is 2.67. The Morgan fingerprint density at radius 3 is 2.67 bits per heavy atom. The van der Waals surface area contributed by atoms with Gasteiger partial charge in [-0.3, -0.25) is 14.4 Å². The largest absolute Gasteiger partial charge is 0.481 e. The molecule has 7 heteroatoms. The molecular formula is C17H16N2O5. The van der Waals surface area contributed by atoms with Crippen molar-refractivity contribution in [3.63, 3.8) is 0 Å². The maximum absolute atomic E-state index is 12.8. The molecule has 3 heterocycles. The summed E-state index contributed by atoms with van der Waals surface area (Å²) in [5.41, 5.74) is 0.445. The van der Waals surface area contributed by atoms with Gasteiger partial charge in [0.05, 0.1) is 18.6 Å². The summed E-state index contributed by atoms with van der Waals surface area (Å²) in [6.45, 7) is 1.72. The molecule has 4 atom stereocenters. The molecule has 24 heavy (non-hydrogen) atoms. The van der Waals surface area contributed by atoms with E-state index in [0.717, 1.165) is 0 Å². The summed E-state index contributed by atoms with van der Waals surface area (Å²) < 4.78 is 5.84. The molecule has 3 aliphatic heterocycles. The molecule has 0 aliphatic carbocycles. The molecule has 2 bridgehead atoms. The zero-order valence-electron chi connectivity index (χ0n) is 12.9. The van der Waals surface area contributed by atoms with Crippen LogP contribution in [0.1, 0.15) is 6.92 Å². The minimum absolute atomic E-state index is 0.173. The Labute approximate surface area is 137 Å². The number of anilines is 2. The number of ether oxygens (including phenoxy) is 1. The van der Waals surface area contributed by atoms with Crippen LogP contribution in [0.5, 0.6) is 0 Å². The van der Waals surface area contributed by atoms with E-state index in [1.807, 2.05) is 6.08 Å². The molecule has 2 N–H and O–H groups in total. The van der Waals surface area contributed by atoms with Gasteiger partial charge in [-0.2, -0.15) is 0 Å². The van der Waals surface area contributed by atoms with Crippen molar-refractivity contribution in [1.82, 2.24) is 0 Å². The summed E-state index contributed by atoms with van der Waals surface area (Å²) in [6.07, 6.45) is 3.04. The van der Waals surface area contributed by atoms with Gasteiger partial charge in [0.1, 0.15) is 11.5 Å². The van der Waals surface area contributed by atoms with Crippen molar-refractivity contribution in [2.75, 3.05) is 16.8 Å². The predicted octanol–water partition coefficient (Wildman–Crippen LogP) is 1.02. The van der Waals surface area contributed by atoms with Crippen molar-refractivity contribution in [3.05, 3.63) is 36.4 Å². The second kappa shape index (κ2) is 4.91. The Hall–Kier alpha value is -2.67. The summed E-state index contributed by atoms with van der Waals surface area (Å²) in [7, 11) is 0. The Morgan fingerprint density at radius 2 is 2.04 bits per heavy atom. The molecule has 0 aromatic heterocycles. The van der Waals surface area contributed by atoms with Gasteiger partial charge in [-0.25, -0.2) is 0 Å². The number of nitrogens with zero attached hydrogens (tertiary/aromatic N) is 1. The first kappa shape index (κ1) is 14.9. The van der Waals surface area contributed by atoms with E-state index >= 15 is 0 Å². The van der Waals surface area contributed by atoms with Crippen LogP contribution in [0.25, 0.3) is 0 Å². The topological polar surface area (TPSA) is 95.9 Å². The number of rotatable bonds is 3. The number of amides is 2. The number of hydrogen-bond donors (Lipinski definition) is 2. The number of carboxylic acid groups (broad SMARTS) is 1. The summed E-state index contributed by atoms with van der Waals surface area (Å²) in [5, 5.41) is 12.1. The van der Waals surface area contributed by atoms with Crippen LogP contribution in [0.2, 0.25) is 0 Å². The average molecular weight is 328 g/mol. The second-order valence-electron chi connectivity index (χ2n) is 6.39.